The number of aryl methyl sites for hydroxylation is 2. The van der Waals surface area contributed by atoms with Crippen LogP contribution in [0.1, 0.15) is 21.9 Å². The van der Waals surface area contributed by atoms with Gasteiger partial charge in [-0.2, -0.15) is 5.10 Å². The fourth-order valence-corrected chi connectivity index (χ4v) is 4.02. The van der Waals surface area contributed by atoms with Crippen LogP contribution in [-0.2, 0) is 9.53 Å². The van der Waals surface area contributed by atoms with E-state index < -0.39 is 17.5 Å². The summed E-state index contributed by atoms with van der Waals surface area (Å²) in [6, 6.07) is 11.4. The number of anilines is 1. The van der Waals surface area contributed by atoms with Crippen molar-refractivity contribution in [1.82, 2.24) is 19.7 Å². The summed E-state index contributed by atoms with van der Waals surface area (Å²) in [5.74, 6) is -0.704. The number of esters is 1. The molecule has 0 atom stereocenters. The lowest BCUT2D eigenvalue weighted by atomic mass is 10.2. The molecule has 1 saturated heterocycles. The van der Waals surface area contributed by atoms with E-state index in [1.165, 1.54) is 18.2 Å². The predicted molar refractivity (Wildman–Crippen MR) is 128 cm³/mol. The third-order valence-corrected chi connectivity index (χ3v) is 5.94. The first kappa shape index (κ1) is 24.1. The number of carbonyl (C=O) groups excluding carboxylic acids is 2. The number of non-ortho nitro benzene ring substituents is 1. The number of amides is 1. The maximum Gasteiger partial charge on any atom is 0.359 e. The molecule has 35 heavy (non-hydrogen) atoms. The summed E-state index contributed by atoms with van der Waals surface area (Å²) in [5.41, 5.74) is 2.44. The molecule has 1 aliphatic heterocycles. The number of aromatic nitrogens is 3. The summed E-state index contributed by atoms with van der Waals surface area (Å²) >= 11 is 6.16. The van der Waals surface area contributed by atoms with Crippen molar-refractivity contribution < 1.29 is 19.2 Å². The van der Waals surface area contributed by atoms with E-state index in [1.807, 2.05) is 24.8 Å². The van der Waals surface area contributed by atoms with Crippen LogP contribution in [0.5, 0.6) is 0 Å². The molecular weight excluding hydrogens is 476 g/mol. The molecule has 0 bridgehead atoms. The average molecular weight is 499 g/mol. The molecular formula is C23H23ClN6O5. The number of rotatable bonds is 6. The lowest BCUT2D eigenvalue weighted by Gasteiger charge is -2.36. The van der Waals surface area contributed by atoms with Crippen molar-refractivity contribution in [2.45, 2.75) is 13.8 Å². The normalized spacial score (nSPS) is 13.6. The molecule has 3 heterocycles. The molecule has 0 unspecified atom stereocenters. The van der Waals surface area contributed by atoms with E-state index in [9.17, 15) is 19.7 Å². The molecule has 182 valence electrons. The first-order valence-electron chi connectivity index (χ1n) is 10.9. The summed E-state index contributed by atoms with van der Waals surface area (Å²) in [4.78, 5) is 43.5. The Kier molecular flexibility index (Phi) is 6.97. The van der Waals surface area contributed by atoms with Gasteiger partial charge in [-0.3, -0.25) is 14.9 Å². The van der Waals surface area contributed by atoms with Gasteiger partial charge in [0.2, 0.25) is 0 Å². The quantitative estimate of drug-likeness (QED) is 0.288. The SMILES string of the molecule is Cc1cc(C)n(-c2ccc(Cl)c(C(=O)OCC(=O)N3CCN(c4ccc([N+](=O)[O-])cc4)CC3)n2)n1. The van der Waals surface area contributed by atoms with Crippen LogP contribution in [0.3, 0.4) is 0 Å². The maximum atomic E-state index is 12.6. The Morgan fingerprint density at radius 3 is 2.37 bits per heavy atom. The summed E-state index contributed by atoms with van der Waals surface area (Å²) in [7, 11) is 0. The molecule has 1 amide bonds. The van der Waals surface area contributed by atoms with E-state index in [2.05, 4.69) is 10.1 Å². The van der Waals surface area contributed by atoms with Crippen LogP contribution >= 0.6 is 11.6 Å². The number of nitro benzene ring substituents is 1. The van der Waals surface area contributed by atoms with Gasteiger partial charge in [0.25, 0.3) is 11.6 Å². The van der Waals surface area contributed by atoms with E-state index >= 15 is 0 Å². The lowest BCUT2D eigenvalue weighted by Crippen LogP contribution is -2.49. The van der Waals surface area contributed by atoms with Crippen molar-refractivity contribution >= 4 is 34.9 Å². The van der Waals surface area contributed by atoms with Gasteiger partial charge in [-0.1, -0.05) is 11.6 Å². The van der Waals surface area contributed by atoms with Crippen LogP contribution in [0.25, 0.3) is 5.82 Å². The number of nitrogens with zero attached hydrogens (tertiary/aromatic N) is 6. The Labute approximate surface area is 206 Å². The van der Waals surface area contributed by atoms with Gasteiger partial charge in [0, 0.05) is 49.7 Å². The minimum Gasteiger partial charge on any atom is -0.451 e. The number of hydrogen-bond acceptors (Lipinski definition) is 8. The van der Waals surface area contributed by atoms with Crippen LogP contribution in [0.15, 0.2) is 42.5 Å². The molecule has 0 radical (unpaired) electrons. The second-order valence-electron chi connectivity index (χ2n) is 8.06. The Balaban J connectivity index is 1.33. The van der Waals surface area contributed by atoms with E-state index in [4.69, 9.17) is 16.3 Å². The highest BCUT2D eigenvalue weighted by Crippen LogP contribution is 2.21. The molecule has 12 heteroatoms. The highest BCUT2D eigenvalue weighted by atomic mass is 35.5. The first-order chi connectivity index (χ1) is 16.7. The van der Waals surface area contributed by atoms with Crippen molar-refractivity contribution in [1.29, 1.82) is 0 Å². The van der Waals surface area contributed by atoms with Crippen molar-refractivity contribution in [2.24, 2.45) is 0 Å². The fourth-order valence-electron chi connectivity index (χ4n) is 3.84. The highest BCUT2D eigenvalue weighted by molar-refractivity contribution is 6.33. The topological polar surface area (TPSA) is 124 Å². The number of benzene rings is 1. The van der Waals surface area contributed by atoms with Crippen LogP contribution < -0.4 is 4.90 Å². The monoisotopic (exact) mass is 498 g/mol. The lowest BCUT2D eigenvalue weighted by molar-refractivity contribution is -0.384. The molecule has 2 aromatic heterocycles. The second-order valence-corrected chi connectivity index (χ2v) is 8.46. The smallest absolute Gasteiger partial charge is 0.359 e. The van der Waals surface area contributed by atoms with Crippen LogP contribution in [-0.4, -0.2) is 69.3 Å². The molecule has 4 rings (SSSR count). The fraction of sp³-hybridized carbons (Fsp3) is 0.304. The van der Waals surface area contributed by atoms with Crippen LogP contribution in [0.2, 0.25) is 5.02 Å². The van der Waals surface area contributed by atoms with E-state index in [0.717, 1.165) is 17.1 Å². The molecule has 0 aliphatic carbocycles. The van der Waals surface area contributed by atoms with Crippen LogP contribution in [0, 0.1) is 24.0 Å². The van der Waals surface area contributed by atoms with Crippen LogP contribution in [0.4, 0.5) is 11.4 Å². The first-order valence-corrected chi connectivity index (χ1v) is 11.2. The van der Waals surface area contributed by atoms with E-state index in [1.54, 1.807) is 27.8 Å². The van der Waals surface area contributed by atoms with Crippen molar-refractivity contribution in [2.75, 3.05) is 37.7 Å². The second kappa shape index (κ2) is 10.1. The molecule has 0 spiro atoms. The van der Waals surface area contributed by atoms with Gasteiger partial charge in [0.05, 0.1) is 15.6 Å². The van der Waals surface area contributed by atoms with Gasteiger partial charge in [-0.25, -0.2) is 14.5 Å². The largest absolute Gasteiger partial charge is 0.451 e. The Bertz CT molecular complexity index is 1270. The third-order valence-electron chi connectivity index (χ3n) is 5.64. The van der Waals surface area contributed by atoms with E-state index in [0.29, 0.717) is 32.0 Å². The summed E-state index contributed by atoms with van der Waals surface area (Å²) in [5, 5.41) is 15.3. The van der Waals surface area contributed by atoms with Gasteiger partial charge in [0.1, 0.15) is 0 Å². The van der Waals surface area contributed by atoms with Gasteiger partial charge in [0.15, 0.2) is 18.1 Å². The number of ether oxygens (including phenoxy) is 1. The van der Waals surface area contributed by atoms with Crippen molar-refractivity contribution in [3.8, 4) is 5.82 Å². The van der Waals surface area contributed by atoms with Gasteiger partial charge in [-0.15, -0.1) is 0 Å². The van der Waals surface area contributed by atoms with Crippen molar-refractivity contribution in [3.63, 3.8) is 0 Å². The predicted octanol–water partition coefficient (Wildman–Crippen LogP) is 2.95. The van der Waals surface area contributed by atoms with Gasteiger partial charge >= 0.3 is 5.97 Å². The maximum absolute atomic E-state index is 12.6. The molecule has 3 aromatic rings. The molecule has 0 saturated carbocycles. The number of carbonyl (C=O) groups is 2. The molecule has 11 nitrogen and oxygen atoms in total. The molecule has 1 aliphatic rings. The minimum absolute atomic E-state index is 0.0272. The molecule has 1 aromatic carbocycles. The minimum atomic E-state index is -0.795. The third kappa shape index (κ3) is 5.40. The zero-order chi connectivity index (χ0) is 25.1. The summed E-state index contributed by atoms with van der Waals surface area (Å²) in [6.45, 7) is 5.25. The number of halogens is 1. The number of pyridine rings is 1. The number of nitro groups is 1. The highest BCUT2D eigenvalue weighted by Gasteiger charge is 2.24. The Hall–Kier alpha value is -3.99. The average Bonchev–Trinajstić information content (AvgIpc) is 3.20. The number of hydrogen-bond donors (Lipinski definition) is 0. The van der Waals surface area contributed by atoms with Gasteiger partial charge < -0.3 is 14.5 Å². The molecule has 0 N–H and O–H groups in total. The standard InChI is InChI=1S/C23H23ClN6O5/c1-15-13-16(2)29(26-15)20-8-7-19(24)22(25-20)23(32)35-14-21(31)28-11-9-27(10-12-28)17-3-5-18(6-4-17)30(33)34/h3-8,13H,9-12,14H2,1-2H3. The Morgan fingerprint density at radius 2 is 1.77 bits per heavy atom. The summed E-state index contributed by atoms with van der Waals surface area (Å²) < 4.78 is 6.81. The molecule has 1 fully saturated rings. The van der Waals surface area contributed by atoms with Gasteiger partial charge in [-0.05, 0) is 44.2 Å². The zero-order valence-corrected chi connectivity index (χ0v) is 19.9. The van der Waals surface area contributed by atoms with E-state index in [-0.39, 0.29) is 22.3 Å². The zero-order valence-electron chi connectivity index (χ0n) is 19.2. The Morgan fingerprint density at radius 1 is 1.09 bits per heavy atom. The number of piperazine rings is 1. The summed E-state index contributed by atoms with van der Waals surface area (Å²) in [6.07, 6.45) is 0. The van der Waals surface area contributed by atoms with Crippen molar-refractivity contribution in [3.05, 3.63) is 74.7 Å².